The molecule has 0 rings (SSSR count). The predicted octanol–water partition coefficient (Wildman–Crippen LogP) is 2.05. The molecule has 16 heavy (non-hydrogen) atoms. The van der Waals surface area contributed by atoms with Crippen molar-refractivity contribution in [2.45, 2.75) is 12.1 Å². The fraction of sp³-hybridized carbons (Fsp3) is 0.429. The highest BCUT2D eigenvalue weighted by Gasteiger charge is 2.58. The third-order valence-electron chi connectivity index (χ3n) is 1.14. The third kappa shape index (κ3) is 4.24. The Hall–Kier alpha value is -1.67. The first-order valence-corrected chi connectivity index (χ1v) is 3.55. The molecule has 0 heterocycles. The van der Waals surface area contributed by atoms with E-state index in [0.717, 1.165) is 0 Å². The normalized spacial score (nSPS) is 11.8. The Labute approximate surface area is 85.6 Å². The van der Waals surface area contributed by atoms with Gasteiger partial charge < -0.3 is 9.47 Å². The maximum Gasteiger partial charge on any atom is 0.516 e. The number of carbonyl (C=O) groups excluding carboxylic acids is 2. The average molecular weight is 248 g/mol. The molecule has 0 saturated carbocycles. The van der Waals surface area contributed by atoms with E-state index < -0.39 is 30.8 Å². The van der Waals surface area contributed by atoms with Crippen molar-refractivity contribution in [2.75, 3.05) is 6.61 Å². The van der Waals surface area contributed by atoms with Gasteiger partial charge in [0.2, 0.25) is 0 Å². The fourth-order valence-electron chi connectivity index (χ4n) is 0.385. The van der Waals surface area contributed by atoms with E-state index in [9.17, 15) is 31.5 Å². The molecule has 0 unspecified atom stereocenters. The van der Waals surface area contributed by atoms with E-state index in [2.05, 4.69) is 16.1 Å². The zero-order valence-electron chi connectivity index (χ0n) is 7.51. The molecule has 0 amide bonds. The molecule has 0 N–H and O–H groups in total. The van der Waals surface area contributed by atoms with Gasteiger partial charge in [-0.1, -0.05) is 6.58 Å². The number of carbonyl (C=O) groups is 2. The third-order valence-corrected chi connectivity index (χ3v) is 1.14. The first kappa shape index (κ1) is 14.3. The Bertz CT molecular complexity index is 296. The molecule has 0 atom stereocenters. The summed E-state index contributed by atoms with van der Waals surface area (Å²) in [5.74, 6) is -6.54. The van der Waals surface area contributed by atoms with Gasteiger partial charge in [-0.3, -0.25) is 0 Å². The number of rotatable bonds is 3. The fourth-order valence-corrected chi connectivity index (χ4v) is 0.385. The quantitative estimate of drug-likeness (QED) is 0.332. The van der Waals surface area contributed by atoms with Crippen LogP contribution in [0.3, 0.4) is 0 Å². The van der Waals surface area contributed by atoms with Crippen LogP contribution in [0.2, 0.25) is 0 Å². The van der Waals surface area contributed by atoms with Crippen molar-refractivity contribution in [1.29, 1.82) is 0 Å². The molecular weight excluding hydrogens is 243 g/mol. The lowest BCUT2D eigenvalue weighted by molar-refractivity contribution is -0.292. The molecule has 0 fully saturated rings. The summed E-state index contributed by atoms with van der Waals surface area (Å²) in [6.45, 7) is 0.587. The Balaban J connectivity index is 4.20. The van der Waals surface area contributed by atoms with Crippen LogP contribution in [-0.4, -0.2) is 30.8 Å². The van der Waals surface area contributed by atoms with Crippen LogP contribution in [0.15, 0.2) is 12.7 Å². The smallest absolute Gasteiger partial charge is 0.427 e. The number of hydrogen-bond acceptors (Lipinski definition) is 4. The Kier molecular flexibility index (Phi) is 4.39. The van der Waals surface area contributed by atoms with E-state index >= 15 is 0 Å². The number of halogens is 5. The van der Waals surface area contributed by atoms with Gasteiger partial charge in [0.1, 0.15) is 0 Å². The van der Waals surface area contributed by atoms with Crippen LogP contribution in [0.4, 0.5) is 26.7 Å². The van der Waals surface area contributed by atoms with Crippen LogP contribution < -0.4 is 0 Å². The molecule has 0 aliphatic carbocycles. The summed E-state index contributed by atoms with van der Waals surface area (Å²) in [7, 11) is 0. The molecule has 0 bridgehead atoms. The summed E-state index contributed by atoms with van der Waals surface area (Å²) >= 11 is 0. The molecule has 9 heteroatoms. The molecule has 0 aromatic carbocycles. The van der Waals surface area contributed by atoms with Crippen molar-refractivity contribution in [3.63, 3.8) is 0 Å². The standard InChI is InChI=1S/C7H5F5O4/c1-2-4(13)16-5(14)15-3-6(8,9)7(10,11)12/h2H,1,3H2. The van der Waals surface area contributed by atoms with Crippen LogP contribution >= 0.6 is 0 Å². The summed E-state index contributed by atoms with van der Waals surface area (Å²) in [6.07, 6.45) is -7.31. The summed E-state index contributed by atoms with van der Waals surface area (Å²) in [4.78, 5) is 20.7. The van der Waals surface area contributed by atoms with Crippen molar-refractivity contribution in [2.24, 2.45) is 0 Å². The van der Waals surface area contributed by atoms with Gasteiger partial charge in [-0.25, -0.2) is 9.59 Å². The molecule has 0 aliphatic heterocycles. The number of hydrogen-bond donors (Lipinski definition) is 0. The van der Waals surface area contributed by atoms with Crippen molar-refractivity contribution >= 4 is 12.1 Å². The number of alkyl halides is 5. The molecular formula is C7H5F5O4. The van der Waals surface area contributed by atoms with Gasteiger partial charge in [-0.2, -0.15) is 22.0 Å². The van der Waals surface area contributed by atoms with Gasteiger partial charge in [0, 0.05) is 6.08 Å². The Morgan fingerprint density at radius 3 is 2.06 bits per heavy atom. The van der Waals surface area contributed by atoms with Crippen molar-refractivity contribution in [1.82, 2.24) is 0 Å². The maximum absolute atomic E-state index is 12.1. The minimum atomic E-state index is -5.85. The lowest BCUT2D eigenvalue weighted by Gasteiger charge is -2.18. The highest BCUT2D eigenvalue weighted by molar-refractivity contribution is 5.89. The number of ether oxygens (including phenoxy) is 2. The van der Waals surface area contributed by atoms with Crippen molar-refractivity contribution in [3.05, 3.63) is 12.7 Å². The second-order valence-corrected chi connectivity index (χ2v) is 2.37. The van der Waals surface area contributed by atoms with E-state index in [1.54, 1.807) is 0 Å². The van der Waals surface area contributed by atoms with Gasteiger partial charge in [-0.15, -0.1) is 0 Å². The van der Waals surface area contributed by atoms with Crippen LogP contribution in [0.1, 0.15) is 0 Å². The van der Waals surface area contributed by atoms with E-state index in [4.69, 9.17) is 0 Å². The lowest BCUT2D eigenvalue weighted by atomic mass is 10.3. The maximum atomic E-state index is 12.1. The molecule has 0 spiro atoms. The van der Waals surface area contributed by atoms with Crippen molar-refractivity contribution < 1.29 is 41.0 Å². The molecule has 0 aromatic rings. The Morgan fingerprint density at radius 1 is 1.19 bits per heavy atom. The van der Waals surface area contributed by atoms with E-state index in [1.165, 1.54) is 0 Å². The topological polar surface area (TPSA) is 52.6 Å². The average Bonchev–Trinajstić information content (AvgIpc) is 2.13. The monoisotopic (exact) mass is 248 g/mol. The van der Waals surface area contributed by atoms with Gasteiger partial charge in [0.15, 0.2) is 6.61 Å². The van der Waals surface area contributed by atoms with E-state index in [0.29, 0.717) is 6.08 Å². The summed E-state index contributed by atoms with van der Waals surface area (Å²) in [5.41, 5.74) is 0. The summed E-state index contributed by atoms with van der Waals surface area (Å²) < 4.78 is 65.9. The second-order valence-electron chi connectivity index (χ2n) is 2.37. The van der Waals surface area contributed by atoms with Crippen molar-refractivity contribution in [3.8, 4) is 0 Å². The molecule has 0 aliphatic rings. The molecule has 4 nitrogen and oxygen atoms in total. The van der Waals surface area contributed by atoms with Gasteiger partial charge >= 0.3 is 24.2 Å². The summed E-state index contributed by atoms with van der Waals surface area (Å²) in [5, 5.41) is 0. The summed E-state index contributed by atoms with van der Waals surface area (Å²) in [6, 6.07) is 0. The molecule has 0 radical (unpaired) electrons. The molecule has 92 valence electrons. The van der Waals surface area contributed by atoms with Crippen LogP contribution in [0.25, 0.3) is 0 Å². The number of esters is 1. The minimum Gasteiger partial charge on any atom is -0.427 e. The van der Waals surface area contributed by atoms with E-state index in [-0.39, 0.29) is 0 Å². The SMILES string of the molecule is C=CC(=O)OC(=O)OCC(F)(F)C(F)(F)F. The highest BCUT2D eigenvalue weighted by atomic mass is 19.4. The molecule has 0 saturated heterocycles. The minimum absolute atomic E-state index is 0.503. The van der Waals surface area contributed by atoms with Crippen LogP contribution in [0.5, 0.6) is 0 Å². The molecule has 0 aromatic heterocycles. The van der Waals surface area contributed by atoms with Crippen LogP contribution in [-0.2, 0) is 14.3 Å². The highest BCUT2D eigenvalue weighted by Crippen LogP contribution is 2.35. The second kappa shape index (κ2) is 4.90. The largest absolute Gasteiger partial charge is 0.516 e. The first-order chi connectivity index (χ1) is 7.10. The first-order valence-electron chi connectivity index (χ1n) is 3.55. The van der Waals surface area contributed by atoms with Gasteiger partial charge in [0.25, 0.3) is 0 Å². The van der Waals surface area contributed by atoms with Gasteiger partial charge in [-0.05, 0) is 0 Å². The lowest BCUT2D eigenvalue weighted by Crippen LogP contribution is -2.41. The Morgan fingerprint density at radius 2 is 1.69 bits per heavy atom. The zero-order valence-corrected chi connectivity index (χ0v) is 7.51. The predicted molar refractivity (Wildman–Crippen MR) is 38.6 cm³/mol. The van der Waals surface area contributed by atoms with Gasteiger partial charge in [0.05, 0.1) is 0 Å². The zero-order chi connectivity index (χ0) is 13.0. The van der Waals surface area contributed by atoms with Crippen LogP contribution in [0, 0.1) is 0 Å². The van der Waals surface area contributed by atoms with E-state index in [1.807, 2.05) is 0 Å².